The van der Waals surface area contributed by atoms with Crippen LogP contribution < -0.4 is 0 Å². The van der Waals surface area contributed by atoms with Crippen LogP contribution in [0.5, 0.6) is 0 Å². The Morgan fingerprint density at radius 3 is 1.69 bits per heavy atom. The van der Waals surface area contributed by atoms with E-state index in [-0.39, 0.29) is 0 Å². The maximum absolute atomic E-state index is 7.09. The zero-order chi connectivity index (χ0) is 19.6. The minimum absolute atomic E-state index is 0.460. The van der Waals surface area contributed by atoms with Gasteiger partial charge in [-0.2, -0.15) is 0 Å². The van der Waals surface area contributed by atoms with E-state index in [0.717, 1.165) is 0 Å². The Bertz CT molecular complexity index is 487. The summed E-state index contributed by atoms with van der Waals surface area (Å²) < 4.78 is 12.1. The molecule has 0 saturated heterocycles. The first-order chi connectivity index (χ1) is 12.3. The maximum atomic E-state index is 7.09. The van der Waals surface area contributed by atoms with Crippen LogP contribution in [0.3, 0.4) is 0 Å². The molecule has 3 heteroatoms. The number of aryl methyl sites for hydroxylation is 1. The fourth-order valence-corrected chi connectivity index (χ4v) is 26.6. The van der Waals surface area contributed by atoms with E-state index in [9.17, 15) is 0 Å². The molecule has 0 bridgehead atoms. The molecule has 0 fully saturated rings. The topological polar surface area (TPSA) is 9.23 Å². The van der Waals surface area contributed by atoms with Gasteiger partial charge in [-0.1, -0.05) is 0 Å². The summed E-state index contributed by atoms with van der Waals surface area (Å²) in [5.41, 5.74) is 2.98. The molecule has 0 saturated carbocycles. The second kappa shape index (κ2) is 11.9. The summed E-state index contributed by atoms with van der Waals surface area (Å²) in [5.74, 6) is 0. The van der Waals surface area contributed by atoms with Crippen molar-refractivity contribution in [2.75, 3.05) is 0 Å². The SMILES string of the molecule is CCC[CH2][Sn]([CH2]CCC)([CH2]CCC)[CH](O[Si](C)(C)C)c1ccccc1C. The number of benzene rings is 1. The van der Waals surface area contributed by atoms with Gasteiger partial charge in [0.15, 0.2) is 0 Å². The average molecular weight is 483 g/mol. The van der Waals surface area contributed by atoms with Crippen molar-refractivity contribution in [1.29, 1.82) is 0 Å². The summed E-state index contributed by atoms with van der Waals surface area (Å²) >= 11 is -2.50. The summed E-state index contributed by atoms with van der Waals surface area (Å²) in [6, 6.07) is 9.10. The van der Waals surface area contributed by atoms with Gasteiger partial charge in [0, 0.05) is 0 Å². The number of hydrogen-bond donors (Lipinski definition) is 0. The molecule has 0 aliphatic rings. The zero-order valence-corrected chi connectivity index (χ0v) is 22.5. The Kier molecular flexibility index (Phi) is 11.1. The molecule has 1 rings (SSSR count). The third-order valence-electron chi connectivity index (χ3n) is 5.58. The Balaban J connectivity index is 3.42. The van der Waals surface area contributed by atoms with Crippen molar-refractivity contribution in [1.82, 2.24) is 0 Å². The molecule has 0 aliphatic carbocycles. The van der Waals surface area contributed by atoms with E-state index in [4.69, 9.17) is 4.43 Å². The molecule has 0 heterocycles. The Morgan fingerprint density at radius 1 is 0.846 bits per heavy atom. The van der Waals surface area contributed by atoms with E-state index in [1.807, 2.05) is 0 Å². The molecule has 1 aromatic rings. The average Bonchev–Trinajstić information content (AvgIpc) is 2.59. The van der Waals surface area contributed by atoms with Crippen molar-refractivity contribution in [2.45, 2.75) is 103 Å². The number of hydrogen-bond acceptors (Lipinski definition) is 1. The van der Waals surface area contributed by atoms with Crippen LogP contribution in [0.2, 0.25) is 33.0 Å². The minimum atomic E-state index is -2.50. The summed E-state index contributed by atoms with van der Waals surface area (Å²) in [6.07, 6.45) is 8.18. The van der Waals surface area contributed by atoms with Crippen LogP contribution >= 0.6 is 0 Å². The van der Waals surface area contributed by atoms with Gasteiger partial charge < -0.3 is 0 Å². The summed E-state index contributed by atoms with van der Waals surface area (Å²) in [6.45, 7) is 16.5. The van der Waals surface area contributed by atoms with Gasteiger partial charge in [-0.05, 0) is 0 Å². The molecule has 26 heavy (non-hydrogen) atoms. The van der Waals surface area contributed by atoms with Crippen LogP contribution in [-0.4, -0.2) is 26.7 Å². The van der Waals surface area contributed by atoms with Crippen molar-refractivity contribution in [2.24, 2.45) is 0 Å². The van der Waals surface area contributed by atoms with Crippen LogP contribution in [0.25, 0.3) is 0 Å². The van der Waals surface area contributed by atoms with Crippen LogP contribution in [0.15, 0.2) is 24.3 Å². The third kappa shape index (κ3) is 7.67. The standard InChI is InChI=1S/C11H17OSi.3C4H9.Sn/c1-10-7-5-6-8-11(10)9-12-13(2,3)4;3*1-3-4-2;/h5-9H,1-4H3;3*1,3-4H2,2H3;. The molecule has 1 unspecified atom stereocenters. The van der Waals surface area contributed by atoms with Crippen molar-refractivity contribution in [3.05, 3.63) is 35.4 Å². The van der Waals surface area contributed by atoms with Gasteiger partial charge in [0.05, 0.1) is 0 Å². The van der Waals surface area contributed by atoms with Gasteiger partial charge in [-0.15, -0.1) is 0 Å². The van der Waals surface area contributed by atoms with Crippen LogP contribution in [0.4, 0.5) is 0 Å². The molecule has 1 atom stereocenters. The van der Waals surface area contributed by atoms with Gasteiger partial charge in [0.2, 0.25) is 0 Å². The van der Waals surface area contributed by atoms with Crippen molar-refractivity contribution in [3.8, 4) is 0 Å². The Labute approximate surface area is 169 Å². The fraction of sp³-hybridized carbons (Fsp3) is 0.739. The Hall–Kier alpha value is 0.196. The number of unbranched alkanes of at least 4 members (excludes halogenated alkanes) is 3. The Morgan fingerprint density at radius 2 is 1.31 bits per heavy atom. The van der Waals surface area contributed by atoms with Gasteiger partial charge in [-0.3, -0.25) is 0 Å². The van der Waals surface area contributed by atoms with Crippen molar-refractivity contribution >= 4 is 26.7 Å². The van der Waals surface area contributed by atoms with Gasteiger partial charge in [0.25, 0.3) is 0 Å². The predicted molar refractivity (Wildman–Crippen MR) is 123 cm³/mol. The molecular weight excluding hydrogens is 439 g/mol. The quantitative estimate of drug-likeness (QED) is 0.257. The molecule has 0 spiro atoms. The molecule has 150 valence electrons. The molecule has 0 N–H and O–H groups in total. The fourth-order valence-electron chi connectivity index (χ4n) is 4.11. The first-order valence-corrected chi connectivity index (χ1v) is 22.1. The third-order valence-corrected chi connectivity index (χ3v) is 23.2. The monoisotopic (exact) mass is 484 g/mol. The summed E-state index contributed by atoms with van der Waals surface area (Å²) in [7, 11) is -1.60. The second-order valence-corrected chi connectivity index (χ2v) is 27.2. The molecule has 0 aromatic heterocycles. The van der Waals surface area contributed by atoms with E-state index >= 15 is 0 Å². The van der Waals surface area contributed by atoms with Crippen LogP contribution in [-0.2, 0) is 4.43 Å². The van der Waals surface area contributed by atoms with Gasteiger partial charge >= 0.3 is 170 Å². The molecule has 1 nitrogen and oxygen atoms in total. The van der Waals surface area contributed by atoms with E-state index in [2.05, 4.69) is 71.6 Å². The van der Waals surface area contributed by atoms with Crippen molar-refractivity contribution < 1.29 is 4.43 Å². The van der Waals surface area contributed by atoms with E-state index in [1.54, 1.807) is 0 Å². The molecule has 0 radical (unpaired) electrons. The second-order valence-electron chi connectivity index (χ2n) is 9.14. The van der Waals surface area contributed by atoms with E-state index < -0.39 is 26.7 Å². The zero-order valence-electron chi connectivity index (χ0n) is 18.7. The first-order valence-electron chi connectivity index (χ1n) is 11.0. The van der Waals surface area contributed by atoms with Crippen molar-refractivity contribution in [3.63, 3.8) is 0 Å². The van der Waals surface area contributed by atoms with Crippen LogP contribution in [0.1, 0.15) is 74.5 Å². The van der Waals surface area contributed by atoms with Crippen LogP contribution in [0, 0.1) is 6.92 Å². The van der Waals surface area contributed by atoms with E-state index in [0.29, 0.717) is 4.12 Å². The first kappa shape index (κ1) is 24.2. The number of rotatable bonds is 13. The van der Waals surface area contributed by atoms with Gasteiger partial charge in [-0.25, -0.2) is 0 Å². The normalized spacial score (nSPS) is 13.8. The summed E-state index contributed by atoms with van der Waals surface area (Å²) in [5, 5.41) is 0. The molecule has 0 amide bonds. The van der Waals surface area contributed by atoms with E-state index in [1.165, 1.54) is 63.0 Å². The molecular formula is C23H44OSiSn. The van der Waals surface area contributed by atoms with Gasteiger partial charge in [0.1, 0.15) is 0 Å². The molecule has 1 aromatic carbocycles. The summed E-state index contributed by atoms with van der Waals surface area (Å²) in [4.78, 5) is 0. The molecule has 0 aliphatic heterocycles. The predicted octanol–water partition coefficient (Wildman–Crippen LogP) is 8.28.